The Bertz CT molecular complexity index is 1590. The first-order valence-electron chi connectivity index (χ1n) is 12.2. The van der Waals surface area contributed by atoms with Gasteiger partial charge in [0.1, 0.15) is 22.5 Å². The number of halogens is 5. The van der Waals surface area contributed by atoms with Crippen LogP contribution in [0.5, 0.6) is 5.75 Å². The van der Waals surface area contributed by atoms with Crippen LogP contribution in [0.3, 0.4) is 0 Å². The number of methoxy groups -OCH3 is 1. The van der Waals surface area contributed by atoms with Gasteiger partial charge in [-0.1, -0.05) is 17.7 Å². The van der Waals surface area contributed by atoms with Crippen molar-refractivity contribution in [1.82, 2.24) is 15.3 Å². The van der Waals surface area contributed by atoms with Crippen molar-refractivity contribution in [3.8, 4) is 17.0 Å². The van der Waals surface area contributed by atoms with Gasteiger partial charge in [-0.15, -0.1) is 0 Å². The van der Waals surface area contributed by atoms with Crippen molar-refractivity contribution in [2.24, 2.45) is 5.73 Å². The van der Waals surface area contributed by atoms with Crippen LogP contribution in [0.1, 0.15) is 42.4 Å². The number of nitrogens with one attached hydrogen (secondary N) is 1. The molecular formula is C29H27ClF4N4O2. The summed E-state index contributed by atoms with van der Waals surface area (Å²) in [4.78, 5) is 21.6. The number of hydrogen-bond donors (Lipinski definition) is 2. The van der Waals surface area contributed by atoms with E-state index in [1.807, 2.05) is 0 Å². The van der Waals surface area contributed by atoms with Gasteiger partial charge in [0.05, 0.1) is 23.5 Å². The van der Waals surface area contributed by atoms with Gasteiger partial charge in [0, 0.05) is 34.8 Å². The number of carbonyl (C=O) groups is 1. The van der Waals surface area contributed by atoms with Gasteiger partial charge in [-0.3, -0.25) is 14.8 Å². The Kier molecular flexibility index (Phi) is 7.79. The normalized spacial score (nSPS) is 13.7. The topological polar surface area (TPSA) is 90.1 Å². The van der Waals surface area contributed by atoms with E-state index in [2.05, 4.69) is 15.3 Å². The Labute approximate surface area is 233 Å². The monoisotopic (exact) mass is 574 g/mol. The fourth-order valence-electron chi connectivity index (χ4n) is 4.13. The number of carbonyl (C=O) groups excluding carboxylic acids is 1. The Hall–Kier alpha value is -3.76. The summed E-state index contributed by atoms with van der Waals surface area (Å²) in [5, 5.41) is 2.80. The molecule has 0 aliphatic carbocycles. The van der Waals surface area contributed by atoms with Crippen LogP contribution in [0.25, 0.3) is 22.2 Å². The minimum atomic E-state index is -4.83. The number of aromatic nitrogens is 2. The molecule has 4 rings (SSSR count). The van der Waals surface area contributed by atoms with Gasteiger partial charge in [-0.2, -0.15) is 13.2 Å². The van der Waals surface area contributed by atoms with Crippen LogP contribution >= 0.6 is 11.6 Å². The fraction of sp³-hybridized carbons (Fsp3) is 0.276. The molecule has 0 saturated heterocycles. The molecule has 0 saturated carbocycles. The highest BCUT2D eigenvalue weighted by atomic mass is 35.5. The number of hydrogen-bond acceptors (Lipinski definition) is 5. The lowest BCUT2D eigenvalue weighted by molar-refractivity contribution is -0.184. The van der Waals surface area contributed by atoms with Crippen LogP contribution in [0, 0.1) is 5.82 Å². The minimum absolute atomic E-state index is 0.105. The van der Waals surface area contributed by atoms with Gasteiger partial charge in [-0.05, 0) is 74.9 Å². The molecule has 11 heteroatoms. The lowest BCUT2D eigenvalue weighted by atomic mass is 9.82. The number of nitrogens with zero attached hydrogens (tertiary/aromatic N) is 2. The number of benzene rings is 2. The molecular weight excluding hydrogens is 548 g/mol. The highest BCUT2D eigenvalue weighted by Gasteiger charge is 2.54. The first-order chi connectivity index (χ1) is 18.6. The van der Waals surface area contributed by atoms with E-state index in [9.17, 15) is 22.4 Å². The quantitative estimate of drug-likeness (QED) is 0.245. The van der Waals surface area contributed by atoms with Crippen molar-refractivity contribution >= 4 is 28.4 Å². The molecule has 0 fully saturated rings. The molecule has 0 aliphatic rings. The SMILES string of the molecule is COc1cc(C(=O)NCC(C)(c2cc(C(C)(C)N)cc(-c3ccc(F)c(Cl)c3)n2)C(F)(F)F)cc2cccnc12. The van der Waals surface area contributed by atoms with Gasteiger partial charge in [0.15, 0.2) is 0 Å². The minimum Gasteiger partial charge on any atom is -0.494 e. The Morgan fingerprint density at radius 3 is 2.42 bits per heavy atom. The lowest BCUT2D eigenvalue weighted by Gasteiger charge is -2.33. The molecule has 40 heavy (non-hydrogen) atoms. The van der Waals surface area contributed by atoms with Crippen molar-refractivity contribution in [2.45, 2.75) is 37.9 Å². The molecule has 2 heterocycles. The maximum absolute atomic E-state index is 14.7. The van der Waals surface area contributed by atoms with Crippen molar-refractivity contribution in [3.63, 3.8) is 0 Å². The summed E-state index contributed by atoms with van der Waals surface area (Å²) in [6.45, 7) is 3.41. The molecule has 1 amide bonds. The molecule has 0 radical (unpaired) electrons. The predicted octanol–water partition coefficient (Wildman–Crippen LogP) is 6.54. The van der Waals surface area contributed by atoms with E-state index in [1.165, 1.54) is 43.5 Å². The van der Waals surface area contributed by atoms with E-state index in [0.717, 1.165) is 13.0 Å². The molecule has 1 unspecified atom stereocenters. The number of pyridine rings is 2. The van der Waals surface area contributed by atoms with Crippen LogP contribution in [0.4, 0.5) is 17.6 Å². The number of alkyl halides is 3. The lowest BCUT2D eigenvalue weighted by Crippen LogP contribution is -2.49. The molecule has 2 aromatic carbocycles. The van der Waals surface area contributed by atoms with Crippen LogP contribution in [0.15, 0.2) is 60.8 Å². The maximum atomic E-state index is 14.7. The number of nitrogens with two attached hydrogens (primary N) is 1. The summed E-state index contributed by atoms with van der Waals surface area (Å²) in [6, 6.07) is 12.9. The van der Waals surface area contributed by atoms with E-state index in [-0.39, 0.29) is 22.0 Å². The highest BCUT2D eigenvalue weighted by Crippen LogP contribution is 2.42. The smallest absolute Gasteiger partial charge is 0.401 e. The molecule has 0 aliphatic heterocycles. The molecule has 0 bridgehead atoms. The number of amides is 1. The van der Waals surface area contributed by atoms with Crippen LogP contribution in [-0.4, -0.2) is 35.7 Å². The predicted molar refractivity (Wildman–Crippen MR) is 146 cm³/mol. The maximum Gasteiger partial charge on any atom is 0.401 e. The average molecular weight is 575 g/mol. The molecule has 0 spiro atoms. The van der Waals surface area contributed by atoms with Crippen molar-refractivity contribution in [3.05, 3.63) is 88.5 Å². The van der Waals surface area contributed by atoms with Gasteiger partial charge in [0.2, 0.25) is 0 Å². The Morgan fingerprint density at radius 2 is 1.80 bits per heavy atom. The molecule has 2 aromatic heterocycles. The molecule has 3 N–H and O–H groups in total. The second-order valence-electron chi connectivity index (χ2n) is 10.2. The van der Waals surface area contributed by atoms with E-state index >= 15 is 0 Å². The largest absolute Gasteiger partial charge is 0.494 e. The van der Waals surface area contributed by atoms with Crippen LogP contribution < -0.4 is 15.8 Å². The Balaban J connectivity index is 1.76. The van der Waals surface area contributed by atoms with E-state index in [4.69, 9.17) is 22.1 Å². The van der Waals surface area contributed by atoms with Gasteiger partial charge < -0.3 is 15.8 Å². The first-order valence-corrected chi connectivity index (χ1v) is 12.6. The van der Waals surface area contributed by atoms with Gasteiger partial charge in [0.25, 0.3) is 5.91 Å². The number of ether oxygens (including phenoxy) is 1. The number of fused-ring (bicyclic) bond motifs is 1. The summed E-state index contributed by atoms with van der Waals surface area (Å²) in [5.74, 6) is -1.10. The zero-order valence-corrected chi connectivity index (χ0v) is 22.9. The van der Waals surface area contributed by atoms with Gasteiger partial charge in [-0.25, -0.2) is 4.39 Å². The molecule has 210 valence electrons. The van der Waals surface area contributed by atoms with Crippen molar-refractivity contribution < 1.29 is 27.1 Å². The van der Waals surface area contributed by atoms with Crippen molar-refractivity contribution in [1.29, 1.82) is 0 Å². The molecule has 1 atom stereocenters. The number of rotatable bonds is 7. The third-order valence-electron chi connectivity index (χ3n) is 6.73. The second kappa shape index (κ2) is 10.7. The van der Waals surface area contributed by atoms with E-state index in [0.29, 0.717) is 27.8 Å². The van der Waals surface area contributed by atoms with Crippen molar-refractivity contribution in [2.75, 3.05) is 13.7 Å². The van der Waals surface area contributed by atoms with E-state index < -0.39 is 35.4 Å². The highest BCUT2D eigenvalue weighted by molar-refractivity contribution is 6.31. The van der Waals surface area contributed by atoms with E-state index in [1.54, 1.807) is 32.2 Å². The standard InChI is InChI=1S/C29H27ClF4N4O2/c1-27(2,35)19-13-22(16-7-8-21(31)20(30)11-16)38-24(14-19)28(3,29(32,33)34)15-37-26(39)18-10-17-6-5-9-36-25(17)23(12-18)40-4/h5-14H,15,35H2,1-4H3,(H,37,39). The summed E-state index contributed by atoms with van der Waals surface area (Å²) in [5.41, 5.74) is 3.66. The fourth-order valence-corrected chi connectivity index (χ4v) is 4.31. The average Bonchev–Trinajstić information content (AvgIpc) is 2.90. The van der Waals surface area contributed by atoms with Crippen LogP contribution in [-0.2, 0) is 11.0 Å². The first kappa shape index (κ1) is 29.2. The van der Waals surface area contributed by atoms with Crippen LogP contribution in [0.2, 0.25) is 5.02 Å². The third-order valence-corrected chi connectivity index (χ3v) is 7.02. The summed E-state index contributed by atoms with van der Waals surface area (Å²) in [6.07, 6.45) is -3.26. The second-order valence-corrected chi connectivity index (χ2v) is 10.7. The Morgan fingerprint density at radius 1 is 1.07 bits per heavy atom. The zero-order chi connectivity index (χ0) is 29.5. The summed E-state index contributed by atoms with van der Waals surface area (Å²) < 4.78 is 63.3. The molecule has 4 aromatic rings. The third kappa shape index (κ3) is 5.73. The summed E-state index contributed by atoms with van der Waals surface area (Å²) >= 11 is 5.93. The molecule has 6 nitrogen and oxygen atoms in total. The zero-order valence-electron chi connectivity index (χ0n) is 22.2. The van der Waals surface area contributed by atoms with Gasteiger partial charge >= 0.3 is 6.18 Å². The summed E-state index contributed by atoms with van der Waals surface area (Å²) in [7, 11) is 1.41.